The molecule has 0 aliphatic heterocycles. The molecule has 1 heterocycles. The van der Waals surface area contributed by atoms with E-state index in [0.717, 1.165) is 0 Å². The van der Waals surface area contributed by atoms with Crippen LogP contribution in [-0.4, -0.2) is 10.8 Å². The molecule has 0 saturated carbocycles. The van der Waals surface area contributed by atoms with Crippen LogP contribution in [0.5, 0.6) is 0 Å². The zero-order valence-corrected chi connectivity index (χ0v) is 11.5. The molecule has 1 N–H and O–H groups in total. The zero-order valence-electron chi connectivity index (χ0n) is 9.93. The Kier molecular flexibility index (Phi) is 3.89. The van der Waals surface area contributed by atoms with Crippen LogP contribution < -0.4 is 5.56 Å². The number of carbonyl (C=O) groups is 1. The highest BCUT2D eigenvalue weighted by molar-refractivity contribution is 9.10. The summed E-state index contributed by atoms with van der Waals surface area (Å²) in [5.74, 6) is -0.147. The highest BCUT2D eigenvalue weighted by atomic mass is 79.9. The average molecular weight is 297 g/mol. The summed E-state index contributed by atoms with van der Waals surface area (Å²) in [7, 11) is 0. The second kappa shape index (κ2) is 4.84. The number of nitrogens with one attached hydrogen (secondary N) is 1. The number of H-pyrrole nitrogens is 1. The number of aromatic amines is 1. The van der Waals surface area contributed by atoms with E-state index in [1.807, 2.05) is 20.8 Å². The van der Waals surface area contributed by atoms with Crippen LogP contribution in [0.2, 0.25) is 0 Å². The molecule has 1 aromatic rings. The fourth-order valence-electron chi connectivity index (χ4n) is 1.36. The molecule has 0 aliphatic rings. The third-order valence-electron chi connectivity index (χ3n) is 2.08. The Bertz CT molecular complexity index is 547. The van der Waals surface area contributed by atoms with Crippen molar-refractivity contribution in [2.45, 2.75) is 27.2 Å². The molecular weight excluding hydrogens is 284 g/mol. The Labute approximate surface area is 108 Å². The summed E-state index contributed by atoms with van der Waals surface area (Å²) in [6.07, 6.45) is 0.327. The van der Waals surface area contributed by atoms with E-state index in [2.05, 4.69) is 20.9 Å². The van der Waals surface area contributed by atoms with Crippen molar-refractivity contribution in [2.24, 2.45) is 5.41 Å². The summed E-state index contributed by atoms with van der Waals surface area (Å²) in [6, 6.07) is 3.14. The van der Waals surface area contributed by atoms with Crippen molar-refractivity contribution < 1.29 is 4.79 Å². The van der Waals surface area contributed by atoms with Gasteiger partial charge in [-0.25, -0.2) is 0 Å². The van der Waals surface area contributed by atoms with Gasteiger partial charge in [-0.3, -0.25) is 9.59 Å². The number of rotatable bonds is 2. The average Bonchev–Trinajstić information content (AvgIpc) is 2.18. The van der Waals surface area contributed by atoms with Gasteiger partial charge in [0.25, 0.3) is 5.56 Å². The first-order valence-corrected chi connectivity index (χ1v) is 5.90. The molecule has 0 fully saturated rings. The lowest BCUT2D eigenvalue weighted by Gasteiger charge is -2.16. The number of Topliss-reactive ketones (excluding diaryl/α,β-unsaturated/α-hetero) is 1. The van der Waals surface area contributed by atoms with Crippen molar-refractivity contribution in [3.8, 4) is 6.07 Å². The van der Waals surface area contributed by atoms with Crippen LogP contribution in [0.1, 0.15) is 43.2 Å². The number of nitrogens with zero attached hydrogens (tertiary/aromatic N) is 1. The molecule has 0 spiro atoms. The van der Waals surface area contributed by atoms with Gasteiger partial charge in [-0.1, -0.05) is 20.8 Å². The van der Waals surface area contributed by atoms with E-state index in [0.29, 0.717) is 10.9 Å². The third kappa shape index (κ3) is 3.53. The molecule has 0 atom stereocenters. The van der Waals surface area contributed by atoms with E-state index in [1.54, 1.807) is 6.07 Å². The first-order valence-electron chi connectivity index (χ1n) is 5.11. The van der Waals surface area contributed by atoms with E-state index in [4.69, 9.17) is 5.26 Å². The number of nitriles is 1. The Morgan fingerprint density at radius 3 is 2.59 bits per heavy atom. The number of aromatic nitrogens is 1. The molecule has 4 nitrogen and oxygen atoms in total. The quantitative estimate of drug-likeness (QED) is 0.853. The van der Waals surface area contributed by atoms with Gasteiger partial charge in [-0.2, -0.15) is 5.26 Å². The van der Waals surface area contributed by atoms with Gasteiger partial charge >= 0.3 is 0 Å². The minimum Gasteiger partial charge on any atom is -0.317 e. The Hall–Kier alpha value is -1.41. The number of halogens is 1. The van der Waals surface area contributed by atoms with Crippen molar-refractivity contribution in [2.75, 3.05) is 0 Å². The van der Waals surface area contributed by atoms with Crippen molar-refractivity contribution in [1.29, 1.82) is 5.26 Å². The van der Waals surface area contributed by atoms with Gasteiger partial charge in [-0.15, -0.1) is 0 Å². The van der Waals surface area contributed by atoms with Crippen LogP contribution in [0.15, 0.2) is 15.3 Å². The minimum atomic E-state index is -0.534. The van der Waals surface area contributed by atoms with Gasteiger partial charge in [-0.05, 0) is 27.4 Å². The van der Waals surface area contributed by atoms with E-state index in [9.17, 15) is 9.59 Å². The second-order valence-electron chi connectivity index (χ2n) is 5.01. The summed E-state index contributed by atoms with van der Waals surface area (Å²) in [5, 5.41) is 8.68. The predicted octanol–water partition coefficient (Wildman–Crippen LogP) is 2.63. The topological polar surface area (TPSA) is 73.7 Å². The number of carbonyl (C=O) groups excluding carboxylic acids is 1. The maximum absolute atomic E-state index is 11.9. The van der Waals surface area contributed by atoms with Crippen molar-refractivity contribution >= 4 is 21.7 Å². The highest BCUT2D eigenvalue weighted by Gasteiger charge is 2.20. The molecule has 90 valence electrons. The summed E-state index contributed by atoms with van der Waals surface area (Å²) in [5.41, 5.74) is -0.470. The van der Waals surface area contributed by atoms with Crippen LogP contribution in [0.25, 0.3) is 0 Å². The first kappa shape index (κ1) is 13.7. The van der Waals surface area contributed by atoms with Crippen LogP contribution >= 0.6 is 15.9 Å². The summed E-state index contributed by atoms with van der Waals surface area (Å²) < 4.78 is 0.447. The summed E-state index contributed by atoms with van der Waals surface area (Å²) in [4.78, 5) is 25.8. The molecule has 5 heteroatoms. The van der Waals surface area contributed by atoms with E-state index in [-0.39, 0.29) is 22.5 Å². The molecule has 1 rings (SSSR count). The molecule has 0 unspecified atom stereocenters. The lowest BCUT2D eigenvalue weighted by atomic mass is 9.89. The first-order chi connectivity index (χ1) is 7.74. The van der Waals surface area contributed by atoms with E-state index in [1.165, 1.54) is 6.07 Å². The maximum atomic E-state index is 11.9. The SMILES string of the molecule is CC(C)(C)CC(=O)c1[nH]c(=O)c(C#N)cc1Br. The minimum absolute atomic E-state index is 0.0100. The number of hydrogen-bond donors (Lipinski definition) is 1. The third-order valence-corrected chi connectivity index (χ3v) is 2.71. The van der Waals surface area contributed by atoms with E-state index >= 15 is 0 Å². The summed E-state index contributed by atoms with van der Waals surface area (Å²) in [6.45, 7) is 5.83. The van der Waals surface area contributed by atoms with Crippen molar-refractivity contribution in [3.63, 3.8) is 0 Å². The maximum Gasteiger partial charge on any atom is 0.266 e. The lowest BCUT2D eigenvalue weighted by molar-refractivity contribution is 0.0934. The molecule has 0 amide bonds. The second-order valence-corrected chi connectivity index (χ2v) is 5.86. The van der Waals surface area contributed by atoms with Gasteiger partial charge in [0.05, 0.1) is 5.69 Å². The van der Waals surface area contributed by atoms with Gasteiger partial charge in [0.2, 0.25) is 0 Å². The van der Waals surface area contributed by atoms with Crippen LogP contribution in [0, 0.1) is 16.7 Å². The van der Waals surface area contributed by atoms with Crippen molar-refractivity contribution in [1.82, 2.24) is 4.98 Å². The normalized spacial score (nSPS) is 11.0. The number of pyridine rings is 1. The van der Waals surface area contributed by atoms with E-state index < -0.39 is 5.56 Å². The van der Waals surface area contributed by atoms with Gasteiger partial charge in [0, 0.05) is 10.9 Å². The standard InChI is InChI=1S/C12H13BrN2O2/c1-12(2,3)5-9(16)10-8(13)4-7(6-14)11(17)15-10/h4H,5H2,1-3H3,(H,15,17). The fourth-order valence-corrected chi connectivity index (χ4v) is 1.91. The van der Waals surface area contributed by atoms with Gasteiger partial charge in [0.1, 0.15) is 11.6 Å². The highest BCUT2D eigenvalue weighted by Crippen LogP contribution is 2.23. The molecule has 0 aromatic carbocycles. The Morgan fingerprint density at radius 1 is 1.53 bits per heavy atom. The number of hydrogen-bond acceptors (Lipinski definition) is 3. The molecule has 0 aliphatic carbocycles. The summed E-state index contributed by atoms with van der Waals surface area (Å²) >= 11 is 3.19. The Morgan fingerprint density at radius 2 is 2.12 bits per heavy atom. The lowest BCUT2D eigenvalue weighted by Crippen LogP contribution is -2.20. The molecule has 0 radical (unpaired) electrons. The fraction of sp³-hybridized carbons (Fsp3) is 0.417. The zero-order chi connectivity index (χ0) is 13.2. The Balaban J connectivity index is 3.17. The molecule has 1 aromatic heterocycles. The molecule has 17 heavy (non-hydrogen) atoms. The largest absolute Gasteiger partial charge is 0.317 e. The molecular formula is C12H13BrN2O2. The van der Waals surface area contributed by atoms with Crippen molar-refractivity contribution in [3.05, 3.63) is 32.2 Å². The van der Waals surface area contributed by atoms with Gasteiger partial charge < -0.3 is 4.98 Å². The van der Waals surface area contributed by atoms with Crippen LogP contribution in [-0.2, 0) is 0 Å². The molecule has 0 saturated heterocycles. The predicted molar refractivity (Wildman–Crippen MR) is 67.9 cm³/mol. The molecule has 0 bridgehead atoms. The number of ketones is 1. The monoisotopic (exact) mass is 296 g/mol. The van der Waals surface area contributed by atoms with Crippen LogP contribution in [0.4, 0.5) is 0 Å². The van der Waals surface area contributed by atoms with Gasteiger partial charge in [0.15, 0.2) is 5.78 Å². The van der Waals surface area contributed by atoms with Crippen LogP contribution in [0.3, 0.4) is 0 Å². The smallest absolute Gasteiger partial charge is 0.266 e.